The molecule has 10 heavy (non-hydrogen) atoms. The third kappa shape index (κ3) is 78.4. The standard InChI is InChI=1S/Ag.2In.3O.2Sn.2Zn. The fourth-order valence-corrected chi connectivity index (χ4v) is 0. The summed E-state index contributed by atoms with van der Waals surface area (Å²) in [5, 5.41) is 0. The predicted octanol–water partition coefficient (Wildman–Crippen LogP) is -1.89. The van der Waals surface area contributed by atoms with Crippen molar-refractivity contribution in [1.82, 2.24) is 0 Å². The van der Waals surface area contributed by atoms with Crippen LogP contribution in [0.25, 0.3) is 0 Å². The van der Waals surface area contributed by atoms with Gasteiger partial charge in [-0.2, -0.15) is 0 Å². The minimum absolute atomic E-state index is 0. The summed E-state index contributed by atoms with van der Waals surface area (Å²) in [4.78, 5) is 0. The second-order valence-electron chi connectivity index (χ2n) is 0.0833. The summed E-state index contributed by atoms with van der Waals surface area (Å²) in [7, 11) is 0. The van der Waals surface area contributed by atoms with Crippen LogP contribution in [0.5, 0.6) is 0 Å². The van der Waals surface area contributed by atoms with E-state index in [1.807, 2.05) is 0 Å². The van der Waals surface area contributed by atoms with Crippen molar-refractivity contribution in [2.45, 2.75) is 0 Å². The zero-order valence-electron chi connectivity index (χ0n) is 5.10. The van der Waals surface area contributed by atoms with Crippen molar-refractivity contribution >= 4 is 95.3 Å². The van der Waals surface area contributed by atoms with E-state index in [-0.39, 0.29) is 113 Å². The molecule has 0 heterocycles. The second kappa shape index (κ2) is 67.8. The molecule has 0 rings (SSSR count). The molecule has 0 aliphatic rings. The predicted molar refractivity (Wildman–Crippen MR) is 25.1 cm³/mol. The van der Waals surface area contributed by atoms with Crippen LogP contribution in [0, 0.1) is 0 Å². The Bertz CT molecular complexity index is 51.8. The van der Waals surface area contributed by atoms with Gasteiger partial charge in [0.05, 0.1) is 0 Å². The van der Waals surface area contributed by atoms with Gasteiger partial charge in [-0.05, 0) is 0 Å². The molecule has 0 N–H and O–H groups in total. The van der Waals surface area contributed by atoms with E-state index in [9.17, 15) is 0 Å². The van der Waals surface area contributed by atoms with Gasteiger partial charge in [0.1, 0.15) is 0 Å². The van der Waals surface area contributed by atoms with Gasteiger partial charge in [-0.15, -0.1) is 0 Å². The molecule has 9 radical (unpaired) electrons. The maximum absolute atomic E-state index is 8.54. The van der Waals surface area contributed by atoms with Crippen LogP contribution in [0.1, 0.15) is 0 Å². The molecular formula is AgIn2O3Sn2Zn2. The van der Waals surface area contributed by atoms with Crippen LogP contribution in [0.4, 0.5) is 0 Å². The van der Waals surface area contributed by atoms with Crippen LogP contribution in [-0.2, 0) is 70.6 Å². The van der Waals surface area contributed by atoms with Crippen LogP contribution in [0.15, 0.2) is 0 Å². The molecule has 0 aromatic rings. The SMILES string of the molecule is [Ag].[In].[In].[O]=[Sn].[O]=[Sn]=[O].[Zn].[Zn]. The van der Waals surface area contributed by atoms with E-state index in [0.29, 0.717) is 22.5 Å². The molecule has 3 nitrogen and oxygen atoms in total. The molecular weight excluding hydrogens is 754 g/mol. The average molecular weight is 754 g/mol. The van der Waals surface area contributed by atoms with Gasteiger partial charge >= 0.3 is 52.9 Å². The van der Waals surface area contributed by atoms with Crippen molar-refractivity contribution in [2.24, 2.45) is 0 Å². The molecule has 0 aromatic heterocycles. The molecule has 0 amide bonds. The number of hydrogen-bond donors (Lipinski definition) is 0. The topological polar surface area (TPSA) is 51.2 Å². The van der Waals surface area contributed by atoms with Crippen molar-refractivity contribution < 1.29 is 70.6 Å². The molecule has 10 heteroatoms. The number of rotatable bonds is 0. The van der Waals surface area contributed by atoms with Crippen LogP contribution in [-0.4, -0.2) is 95.3 Å². The van der Waals surface area contributed by atoms with Gasteiger partial charge in [0.2, 0.25) is 0 Å². The molecule has 0 saturated heterocycles. The van der Waals surface area contributed by atoms with Gasteiger partial charge < -0.3 is 0 Å². The quantitative estimate of drug-likeness (QED) is 0.273. The summed E-state index contributed by atoms with van der Waals surface area (Å²) in [6.45, 7) is 0. The van der Waals surface area contributed by atoms with E-state index in [4.69, 9.17) is 9.23 Å². The Morgan fingerprint density at radius 2 is 0.900 bits per heavy atom. The molecule has 0 aliphatic carbocycles. The zero-order valence-corrected chi connectivity index (χ0v) is 24.8. The van der Waals surface area contributed by atoms with E-state index < -0.39 is 21.1 Å². The molecule has 0 bridgehead atoms. The molecule has 0 fully saturated rings. The van der Waals surface area contributed by atoms with Crippen LogP contribution < -0.4 is 0 Å². The number of hydrogen-bond acceptors (Lipinski definition) is 3. The molecule has 0 saturated carbocycles. The van der Waals surface area contributed by atoms with E-state index in [2.05, 4.69) is 0 Å². The fraction of sp³-hybridized carbons (Fsp3) is 0. The summed E-state index contributed by atoms with van der Waals surface area (Å²) >= 11 is -1.97. The van der Waals surface area contributed by atoms with Crippen molar-refractivity contribution in [3.8, 4) is 0 Å². The monoisotopic (exact) mass is 752 g/mol. The maximum atomic E-state index is 8.54. The Morgan fingerprint density at radius 1 is 0.900 bits per heavy atom. The van der Waals surface area contributed by atoms with Gasteiger partial charge in [-0.1, -0.05) is 0 Å². The molecule has 0 unspecified atom stereocenters. The van der Waals surface area contributed by atoms with Gasteiger partial charge in [-0.3, -0.25) is 0 Å². The molecule has 0 aliphatic heterocycles. The van der Waals surface area contributed by atoms with Gasteiger partial charge in [0.15, 0.2) is 0 Å². The van der Waals surface area contributed by atoms with Crippen LogP contribution in [0.2, 0.25) is 0 Å². The van der Waals surface area contributed by atoms with E-state index >= 15 is 0 Å². The summed E-state index contributed by atoms with van der Waals surface area (Å²) in [5.41, 5.74) is 0. The average Bonchev–Trinajstić information content (AvgIpc) is 1.46. The van der Waals surface area contributed by atoms with Gasteiger partial charge in [-0.25, -0.2) is 0 Å². The first-order valence-corrected chi connectivity index (χ1v) is 4.11. The summed E-state index contributed by atoms with van der Waals surface area (Å²) in [6, 6.07) is 0. The third-order valence-electron chi connectivity index (χ3n) is 0. The fourth-order valence-electron chi connectivity index (χ4n) is 0. The van der Waals surface area contributed by atoms with Crippen molar-refractivity contribution in [1.29, 1.82) is 0 Å². The minimum atomic E-state index is -2.27. The Labute approximate surface area is 162 Å². The first-order chi connectivity index (χ1) is 2.41. The smallest absolute Gasteiger partial charge is 0 e. The first-order valence-electron chi connectivity index (χ1n) is 0.612. The minimum Gasteiger partial charge on any atom is 0 e. The Balaban J connectivity index is -0.00000000246. The van der Waals surface area contributed by atoms with Crippen LogP contribution in [0.3, 0.4) is 0 Å². The van der Waals surface area contributed by atoms with Crippen molar-refractivity contribution in [3.05, 3.63) is 0 Å². The van der Waals surface area contributed by atoms with Crippen LogP contribution >= 0.6 is 0 Å². The molecule has 0 atom stereocenters. The Kier molecular flexibility index (Phi) is 315. The molecule has 47 valence electrons. The van der Waals surface area contributed by atoms with Gasteiger partial charge in [0, 0.05) is 113 Å². The summed E-state index contributed by atoms with van der Waals surface area (Å²) in [6.07, 6.45) is 0. The van der Waals surface area contributed by atoms with E-state index in [1.165, 1.54) is 0 Å². The summed E-state index contributed by atoms with van der Waals surface area (Å²) < 4.78 is 25.4. The molecule has 0 spiro atoms. The largest absolute Gasteiger partial charge is 0 e. The van der Waals surface area contributed by atoms with Crippen molar-refractivity contribution in [3.63, 3.8) is 0 Å². The normalized spacial score (nSPS) is 1.20. The first kappa shape index (κ1) is 46.5. The van der Waals surface area contributed by atoms with E-state index in [1.54, 1.807) is 0 Å². The third-order valence-corrected chi connectivity index (χ3v) is 0. The molecule has 0 aromatic carbocycles. The maximum Gasteiger partial charge on any atom is 0 e. The Hall–Kier alpha value is 4.72. The summed E-state index contributed by atoms with van der Waals surface area (Å²) in [5.74, 6) is 0. The zero-order chi connectivity index (χ0) is 4.71. The van der Waals surface area contributed by atoms with Crippen molar-refractivity contribution in [2.75, 3.05) is 0 Å². The van der Waals surface area contributed by atoms with Gasteiger partial charge in [0.25, 0.3) is 0 Å². The Morgan fingerprint density at radius 3 is 0.900 bits per heavy atom. The second-order valence-corrected chi connectivity index (χ2v) is 0.559. The van der Waals surface area contributed by atoms with E-state index in [0.717, 1.165) is 0 Å².